The molecule has 8 nitrogen and oxygen atoms in total. The van der Waals surface area contributed by atoms with Crippen molar-refractivity contribution in [2.75, 3.05) is 37.6 Å². The smallest absolute Gasteiger partial charge is 0.234 e. The summed E-state index contributed by atoms with van der Waals surface area (Å²) in [7, 11) is 0. The number of fused-ring (bicyclic) bond motifs is 1. The van der Waals surface area contributed by atoms with Gasteiger partial charge >= 0.3 is 0 Å². The lowest BCUT2D eigenvalue weighted by Crippen LogP contribution is -2.56. The van der Waals surface area contributed by atoms with E-state index in [9.17, 15) is 15.2 Å². The van der Waals surface area contributed by atoms with Gasteiger partial charge in [0.15, 0.2) is 0 Å². The molecule has 28 heavy (non-hydrogen) atoms. The van der Waals surface area contributed by atoms with Crippen molar-refractivity contribution in [3.8, 4) is 6.07 Å². The predicted molar refractivity (Wildman–Crippen MR) is 105 cm³/mol. The number of amides is 1. The highest BCUT2D eigenvalue weighted by Crippen LogP contribution is 2.30. The minimum atomic E-state index is -0.302. The number of hydrogen-bond donors (Lipinski definition) is 2. The Balaban J connectivity index is 1.50. The third-order valence-electron chi connectivity index (χ3n) is 5.39. The predicted octanol–water partition coefficient (Wildman–Crippen LogP) is 0.509. The van der Waals surface area contributed by atoms with Gasteiger partial charge in [-0.2, -0.15) is 5.26 Å². The standard InChI is InChI=1S/C20H24N6O2/c1-13-6-15(24-18(28)12-25-10-16(27)11-25)9-26(8-13)17-3-2-14(7-21)19-20(17)23-5-4-22-19/h2-5,13,15-16,27H,6,8-12H2,1H3,(H,24,28)/t13-,15+/m0/s1. The molecule has 3 heterocycles. The summed E-state index contributed by atoms with van der Waals surface area (Å²) in [6.07, 6.45) is 3.86. The summed E-state index contributed by atoms with van der Waals surface area (Å²) in [5, 5.41) is 21.8. The molecule has 4 rings (SSSR count). The number of piperidine rings is 1. The number of carbonyl (C=O) groups excluding carboxylic acids is 1. The Bertz CT molecular complexity index is 921. The van der Waals surface area contributed by atoms with Gasteiger partial charge < -0.3 is 15.3 Å². The number of aromatic nitrogens is 2. The van der Waals surface area contributed by atoms with E-state index in [4.69, 9.17) is 0 Å². The quantitative estimate of drug-likeness (QED) is 0.796. The van der Waals surface area contributed by atoms with E-state index in [1.54, 1.807) is 18.5 Å². The van der Waals surface area contributed by atoms with Gasteiger partial charge in [-0.3, -0.25) is 19.7 Å². The average molecular weight is 380 g/mol. The molecule has 0 unspecified atom stereocenters. The largest absolute Gasteiger partial charge is 0.390 e. The Morgan fingerprint density at radius 2 is 2.00 bits per heavy atom. The van der Waals surface area contributed by atoms with Crippen LogP contribution >= 0.6 is 0 Å². The lowest BCUT2D eigenvalue weighted by atomic mass is 9.95. The van der Waals surface area contributed by atoms with E-state index >= 15 is 0 Å². The van der Waals surface area contributed by atoms with Crippen molar-refractivity contribution in [1.82, 2.24) is 20.2 Å². The first-order valence-electron chi connectivity index (χ1n) is 9.62. The monoisotopic (exact) mass is 380 g/mol. The number of hydrogen-bond acceptors (Lipinski definition) is 7. The van der Waals surface area contributed by atoms with E-state index < -0.39 is 0 Å². The second-order valence-electron chi connectivity index (χ2n) is 7.86. The van der Waals surface area contributed by atoms with Crippen molar-refractivity contribution in [3.63, 3.8) is 0 Å². The highest BCUT2D eigenvalue weighted by atomic mass is 16.3. The molecule has 2 fully saturated rings. The Hall–Kier alpha value is -2.76. The molecule has 0 bridgehead atoms. The number of nitrogens with zero attached hydrogens (tertiary/aromatic N) is 5. The highest BCUT2D eigenvalue weighted by molar-refractivity contribution is 5.92. The molecule has 0 spiro atoms. The van der Waals surface area contributed by atoms with E-state index in [-0.39, 0.29) is 18.1 Å². The van der Waals surface area contributed by atoms with Gasteiger partial charge in [0.2, 0.25) is 5.91 Å². The molecule has 8 heteroatoms. The average Bonchev–Trinajstić information content (AvgIpc) is 2.65. The van der Waals surface area contributed by atoms with Gasteiger partial charge in [0, 0.05) is 44.6 Å². The van der Waals surface area contributed by atoms with Crippen LogP contribution in [0.25, 0.3) is 11.0 Å². The maximum atomic E-state index is 12.4. The molecular weight excluding hydrogens is 356 g/mol. The number of rotatable bonds is 4. The van der Waals surface area contributed by atoms with Crippen molar-refractivity contribution in [1.29, 1.82) is 5.26 Å². The third kappa shape index (κ3) is 3.77. The summed E-state index contributed by atoms with van der Waals surface area (Å²) in [6.45, 7) is 5.19. The summed E-state index contributed by atoms with van der Waals surface area (Å²) in [4.78, 5) is 25.3. The van der Waals surface area contributed by atoms with Crippen LogP contribution in [0.2, 0.25) is 0 Å². The lowest BCUT2D eigenvalue weighted by Gasteiger charge is -2.39. The molecule has 2 aromatic rings. The Morgan fingerprint density at radius 1 is 1.25 bits per heavy atom. The summed E-state index contributed by atoms with van der Waals surface area (Å²) < 4.78 is 0. The summed E-state index contributed by atoms with van der Waals surface area (Å²) in [5.74, 6) is 0.405. The fraction of sp³-hybridized carbons (Fsp3) is 0.500. The molecule has 1 amide bonds. The molecule has 2 atom stereocenters. The van der Waals surface area contributed by atoms with Gasteiger partial charge in [0.1, 0.15) is 17.1 Å². The Morgan fingerprint density at radius 3 is 2.71 bits per heavy atom. The molecule has 2 saturated heterocycles. The maximum Gasteiger partial charge on any atom is 0.234 e. The zero-order chi connectivity index (χ0) is 19.7. The van der Waals surface area contributed by atoms with Gasteiger partial charge in [-0.1, -0.05) is 6.92 Å². The molecule has 1 aromatic heterocycles. The van der Waals surface area contributed by atoms with Crippen LogP contribution in [0.5, 0.6) is 0 Å². The zero-order valence-corrected chi connectivity index (χ0v) is 15.9. The van der Waals surface area contributed by atoms with Crippen molar-refractivity contribution in [2.45, 2.75) is 25.5 Å². The Kier molecular flexibility index (Phi) is 5.11. The van der Waals surface area contributed by atoms with Crippen LogP contribution in [0.4, 0.5) is 5.69 Å². The van der Waals surface area contributed by atoms with Crippen LogP contribution in [0.15, 0.2) is 24.5 Å². The highest BCUT2D eigenvalue weighted by Gasteiger charge is 2.30. The molecule has 0 saturated carbocycles. The van der Waals surface area contributed by atoms with Crippen LogP contribution in [0.3, 0.4) is 0 Å². The first-order valence-corrected chi connectivity index (χ1v) is 9.62. The summed E-state index contributed by atoms with van der Waals surface area (Å²) >= 11 is 0. The topological polar surface area (TPSA) is 105 Å². The van der Waals surface area contributed by atoms with Crippen molar-refractivity contribution in [3.05, 3.63) is 30.1 Å². The third-order valence-corrected chi connectivity index (χ3v) is 5.39. The minimum absolute atomic E-state index is 0.00423. The lowest BCUT2D eigenvalue weighted by molar-refractivity contribution is -0.125. The normalized spacial score (nSPS) is 23.2. The number of anilines is 1. The SMILES string of the molecule is C[C@H]1C[C@@H](NC(=O)CN2CC(O)C2)CN(c2ccc(C#N)c3nccnc23)C1. The van der Waals surface area contributed by atoms with Crippen LogP contribution in [0.1, 0.15) is 18.9 Å². The van der Waals surface area contributed by atoms with Crippen molar-refractivity contribution in [2.24, 2.45) is 5.92 Å². The molecule has 146 valence electrons. The Labute approximate surface area is 163 Å². The number of aliphatic hydroxyl groups excluding tert-OH is 1. The van der Waals surface area contributed by atoms with Crippen LogP contribution in [0, 0.1) is 17.2 Å². The molecule has 2 aliphatic heterocycles. The molecular formula is C20H24N6O2. The summed E-state index contributed by atoms with van der Waals surface area (Å²) in [6, 6.07) is 5.93. The van der Waals surface area contributed by atoms with Crippen LogP contribution in [-0.2, 0) is 4.79 Å². The molecule has 2 aliphatic rings. The van der Waals surface area contributed by atoms with E-state index in [0.717, 1.165) is 24.2 Å². The van der Waals surface area contributed by atoms with Gasteiger partial charge in [-0.05, 0) is 24.5 Å². The van der Waals surface area contributed by atoms with Gasteiger partial charge in [0.25, 0.3) is 0 Å². The fourth-order valence-electron chi connectivity index (χ4n) is 4.19. The number of β-amino-alcohol motifs (C(OH)–C–C–N with tert-alkyl or cyclic N) is 1. The second-order valence-corrected chi connectivity index (χ2v) is 7.86. The number of aliphatic hydroxyl groups is 1. The van der Waals surface area contributed by atoms with E-state index in [2.05, 4.69) is 33.2 Å². The van der Waals surface area contributed by atoms with Gasteiger partial charge in [-0.15, -0.1) is 0 Å². The van der Waals surface area contributed by atoms with E-state index in [1.807, 2.05) is 11.0 Å². The van der Waals surface area contributed by atoms with E-state index in [1.165, 1.54) is 0 Å². The first kappa shape index (κ1) is 18.6. The van der Waals surface area contributed by atoms with Crippen molar-refractivity contribution < 1.29 is 9.90 Å². The zero-order valence-electron chi connectivity index (χ0n) is 15.9. The maximum absolute atomic E-state index is 12.4. The number of likely N-dealkylation sites (tertiary alicyclic amines) is 1. The number of nitrogens with one attached hydrogen (secondary N) is 1. The van der Waals surface area contributed by atoms with E-state index in [0.29, 0.717) is 43.2 Å². The molecule has 0 radical (unpaired) electrons. The molecule has 1 aromatic carbocycles. The van der Waals surface area contributed by atoms with Crippen LogP contribution < -0.4 is 10.2 Å². The van der Waals surface area contributed by atoms with Crippen LogP contribution in [-0.4, -0.2) is 70.8 Å². The second kappa shape index (κ2) is 7.70. The van der Waals surface area contributed by atoms with Crippen molar-refractivity contribution >= 4 is 22.6 Å². The minimum Gasteiger partial charge on any atom is -0.390 e. The first-order chi connectivity index (χ1) is 13.5. The summed E-state index contributed by atoms with van der Waals surface area (Å²) in [5.41, 5.74) is 2.78. The van der Waals surface area contributed by atoms with Gasteiger partial charge in [-0.25, -0.2) is 0 Å². The molecule has 0 aliphatic carbocycles. The number of carbonyl (C=O) groups is 1. The number of benzene rings is 1. The number of nitriles is 1. The molecule has 2 N–H and O–H groups in total. The van der Waals surface area contributed by atoms with Gasteiger partial charge in [0.05, 0.1) is 23.9 Å². The fourth-order valence-corrected chi connectivity index (χ4v) is 4.19.